The second-order valence-electron chi connectivity index (χ2n) is 4.08. The molecule has 0 N–H and O–H groups in total. The Balaban J connectivity index is 2.17. The molecule has 0 aromatic carbocycles. The summed E-state index contributed by atoms with van der Waals surface area (Å²) in [6.45, 7) is 1.09. The van der Waals surface area contributed by atoms with Crippen LogP contribution in [-0.2, 0) is 4.79 Å². The number of hydrogen-bond donors (Lipinski definition) is 0. The van der Waals surface area contributed by atoms with Gasteiger partial charge in [0.2, 0.25) is 0 Å². The lowest BCUT2D eigenvalue weighted by Crippen LogP contribution is -2.25. The number of carbonyl (C=O) groups excluding carboxylic acids is 1. The first-order valence-electron chi connectivity index (χ1n) is 5.35. The standard InChI is InChI=1S/C11H11ClF2N2O2/c1-7(17)18-8-2-3-9(15-10(8)12)16-5-4-11(13,14)6-16/h2-3H,4-6H2,1H3. The Hall–Kier alpha value is -1.43. The van der Waals surface area contributed by atoms with Crippen molar-refractivity contribution in [2.24, 2.45) is 0 Å². The summed E-state index contributed by atoms with van der Waals surface area (Å²) in [4.78, 5) is 16.2. The van der Waals surface area contributed by atoms with Gasteiger partial charge in [0.1, 0.15) is 5.82 Å². The van der Waals surface area contributed by atoms with E-state index in [2.05, 4.69) is 4.98 Å². The Morgan fingerprint density at radius 1 is 1.56 bits per heavy atom. The number of aromatic nitrogens is 1. The predicted octanol–water partition coefficient (Wildman–Crippen LogP) is 2.51. The fraction of sp³-hybridized carbons (Fsp3) is 0.455. The molecule has 1 aromatic rings. The fourth-order valence-corrected chi connectivity index (χ4v) is 1.94. The summed E-state index contributed by atoms with van der Waals surface area (Å²) in [5.41, 5.74) is 0. The first kappa shape index (κ1) is 13.0. The van der Waals surface area contributed by atoms with Crippen molar-refractivity contribution < 1.29 is 18.3 Å². The van der Waals surface area contributed by atoms with E-state index in [1.165, 1.54) is 24.0 Å². The maximum atomic E-state index is 13.1. The van der Waals surface area contributed by atoms with Crippen LogP contribution in [0.15, 0.2) is 12.1 Å². The molecule has 4 nitrogen and oxygen atoms in total. The second-order valence-corrected chi connectivity index (χ2v) is 4.44. The minimum Gasteiger partial charge on any atom is -0.423 e. The number of ether oxygens (including phenoxy) is 1. The third-order valence-electron chi connectivity index (χ3n) is 2.55. The molecule has 2 rings (SSSR count). The van der Waals surface area contributed by atoms with Crippen molar-refractivity contribution in [2.45, 2.75) is 19.3 Å². The van der Waals surface area contributed by atoms with E-state index in [0.717, 1.165) is 0 Å². The van der Waals surface area contributed by atoms with Crippen LogP contribution in [0.5, 0.6) is 5.75 Å². The van der Waals surface area contributed by atoms with Crippen LogP contribution in [0.25, 0.3) is 0 Å². The average molecular weight is 277 g/mol. The first-order chi connectivity index (χ1) is 8.37. The van der Waals surface area contributed by atoms with Crippen molar-refractivity contribution in [3.05, 3.63) is 17.3 Å². The summed E-state index contributed by atoms with van der Waals surface area (Å²) in [5, 5.41) is -0.0158. The first-order valence-corrected chi connectivity index (χ1v) is 5.73. The van der Waals surface area contributed by atoms with E-state index < -0.39 is 11.9 Å². The van der Waals surface area contributed by atoms with Gasteiger partial charge in [0.15, 0.2) is 10.9 Å². The summed E-state index contributed by atoms with van der Waals surface area (Å²) in [7, 11) is 0. The molecule has 1 fully saturated rings. The molecule has 2 heterocycles. The summed E-state index contributed by atoms with van der Waals surface area (Å²) < 4.78 is 30.9. The van der Waals surface area contributed by atoms with Crippen LogP contribution in [0.3, 0.4) is 0 Å². The van der Waals surface area contributed by atoms with Gasteiger partial charge in [-0.3, -0.25) is 4.79 Å². The van der Waals surface area contributed by atoms with Crippen LogP contribution in [-0.4, -0.2) is 30.0 Å². The van der Waals surface area contributed by atoms with Crippen molar-refractivity contribution in [3.8, 4) is 5.75 Å². The van der Waals surface area contributed by atoms with E-state index >= 15 is 0 Å². The molecule has 0 bridgehead atoms. The van der Waals surface area contributed by atoms with Gasteiger partial charge in [-0.1, -0.05) is 11.6 Å². The molecule has 98 valence electrons. The quantitative estimate of drug-likeness (QED) is 0.615. The summed E-state index contributed by atoms with van der Waals surface area (Å²) in [5.74, 6) is -2.73. The maximum Gasteiger partial charge on any atom is 0.308 e. The molecule has 1 aliphatic rings. The van der Waals surface area contributed by atoms with Crippen LogP contribution in [0.4, 0.5) is 14.6 Å². The topological polar surface area (TPSA) is 42.4 Å². The highest BCUT2D eigenvalue weighted by Gasteiger charge is 2.38. The van der Waals surface area contributed by atoms with Crippen molar-refractivity contribution in [2.75, 3.05) is 18.0 Å². The van der Waals surface area contributed by atoms with Gasteiger partial charge < -0.3 is 9.64 Å². The predicted molar refractivity (Wildman–Crippen MR) is 62.3 cm³/mol. The molecule has 1 aliphatic heterocycles. The molecular formula is C11H11ClF2N2O2. The lowest BCUT2D eigenvalue weighted by Gasteiger charge is -2.17. The number of rotatable bonds is 2. The molecule has 18 heavy (non-hydrogen) atoms. The zero-order chi connectivity index (χ0) is 13.3. The Kier molecular flexibility index (Phi) is 3.38. The molecular weight excluding hydrogens is 266 g/mol. The highest BCUT2D eigenvalue weighted by molar-refractivity contribution is 6.31. The zero-order valence-electron chi connectivity index (χ0n) is 9.62. The highest BCUT2D eigenvalue weighted by atomic mass is 35.5. The number of esters is 1. The molecule has 0 saturated carbocycles. The Morgan fingerprint density at radius 3 is 2.78 bits per heavy atom. The fourth-order valence-electron chi connectivity index (χ4n) is 1.75. The molecule has 0 amide bonds. The molecule has 0 spiro atoms. The largest absolute Gasteiger partial charge is 0.423 e. The highest BCUT2D eigenvalue weighted by Crippen LogP contribution is 2.32. The summed E-state index contributed by atoms with van der Waals surface area (Å²) >= 11 is 5.82. The van der Waals surface area contributed by atoms with Crippen molar-refractivity contribution in [3.63, 3.8) is 0 Å². The molecule has 0 radical (unpaired) electrons. The van der Waals surface area contributed by atoms with Crippen LogP contribution in [0.1, 0.15) is 13.3 Å². The number of halogens is 3. The van der Waals surface area contributed by atoms with Gasteiger partial charge in [-0.15, -0.1) is 0 Å². The third kappa shape index (κ3) is 2.87. The van der Waals surface area contributed by atoms with Gasteiger partial charge in [0.25, 0.3) is 5.92 Å². The maximum absolute atomic E-state index is 13.1. The van der Waals surface area contributed by atoms with Crippen molar-refractivity contribution >= 4 is 23.4 Å². The molecule has 0 unspecified atom stereocenters. The molecule has 0 aliphatic carbocycles. The number of carbonyl (C=O) groups is 1. The zero-order valence-corrected chi connectivity index (χ0v) is 10.4. The van der Waals surface area contributed by atoms with Gasteiger partial charge in [-0.2, -0.15) is 0 Å². The Bertz CT molecular complexity index is 482. The third-order valence-corrected chi connectivity index (χ3v) is 2.82. The monoisotopic (exact) mass is 276 g/mol. The van der Waals surface area contributed by atoms with Crippen LogP contribution in [0.2, 0.25) is 5.15 Å². The molecule has 0 atom stereocenters. The summed E-state index contributed by atoms with van der Waals surface area (Å²) in [6, 6.07) is 2.95. The van der Waals surface area contributed by atoms with Gasteiger partial charge in [0, 0.05) is 19.9 Å². The minimum atomic E-state index is -2.69. The van der Waals surface area contributed by atoms with Gasteiger partial charge in [-0.25, -0.2) is 13.8 Å². The van der Waals surface area contributed by atoms with Gasteiger partial charge in [0.05, 0.1) is 6.54 Å². The Morgan fingerprint density at radius 2 is 2.28 bits per heavy atom. The van der Waals surface area contributed by atoms with E-state index in [-0.39, 0.29) is 30.4 Å². The van der Waals surface area contributed by atoms with E-state index in [0.29, 0.717) is 5.82 Å². The normalized spacial score (nSPS) is 17.9. The van der Waals surface area contributed by atoms with Crippen molar-refractivity contribution in [1.29, 1.82) is 0 Å². The number of pyridine rings is 1. The molecule has 1 saturated heterocycles. The summed E-state index contributed by atoms with van der Waals surface area (Å²) in [6.07, 6.45) is -0.196. The smallest absolute Gasteiger partial charge is 0.308 e. The van der Waals surface area contributed by atoms with E-state index in [1.807, 2.05) is 0 Å². The second kappa shape index (κ2) is 4.68. The van der Waals surface area contributed by atoms with Gasteiger partial charge in [-0.05, 0) is 12.1 Å². The SMILES string of the molecule is CC(=O)Oc1ccc(N2CCC(F)(F)C2)nc1Cl. The molecule has 1 aromatic heterocycles. The van der Waals surface area contributed by atoms with E-state index in [9.17, 15) is 13.6 Å². The van der Waals surface area contributed by atoms with E-state index in [1.54, 1.807) is 0 Å². The van der Waals surface area contributed by atoms with E-state index in [4.69, 9.17) is 16.3 Å². The number of alkyl halides is 2. The number of nitrogens with zero attached hydrogens (tertiary/aromatic N) is 2. The van der Waals surface area contributed by atoms with Gasteiger partial charge >= 0.3 is 5.97 Å². The average Bonchev–Trinajstić information content (AvgIpc) is 2.61. The van der Waals surface area contributed by atoms with Crippen LogP contribution in [0, 0.1) is 0 Å². The van der Waals surface area contributed by atoms with Crippen LogP contribution >= 0.6 is 11.6 Å². The minimum absolute atomic E-state index is 0.0158. The Labute approximate surface area is 108 Å². The van der Waals surface area contributed by atoms with Crippen molar-refractivity contribution in [1.82, 2.24) is 4.98 Å². The number of hydrogen-bond acceptors (Lipinski definition) is 4. The lowest BCUT2D eigenvalue weighted by molar-refractivity contribution is -0.131. The molecule has 7 heteroatoms. The lowest BCUT2D eigenvalue weighted by atomic mass is 10.3. The number of anilines is 1. The van der Waals surface area contributed by atoms with Crippen LogP contribution < -0.4 is 9.64 Å².